The van der Waals surface area contributed by atoms with E-state index in [1.54, 1.807) is 0 Å². The molecule has 0 atom stereocenters. The van der Waals surface area contributed by atoms with Gasteiger partial charge in [-0.15, -0.1) is 0 Å². The van der Waals surface area contributed by atoms with Crippen molar-refractivity contribution in [2.24, 2.45) is 0 Å². The molecular formula is C20H15Br. The lowest BCUT2D eigenvalue weighted by atomic mass is 10.0. The molecule has 3 aromatic rings. The first kappa shape index (κ1) is 13.8. The molecule has 0 saturated heterocycles. The normalized spacial score (nSPS) is 10.9. The third-order valence-electron chi connectivity index (χ3n) is 3.38. The van der Waals surface area contributed by atoms with E-state index in [2.05, 4.69) is 88.7 Å². The monoisotopic (exact) mass is 334 g/mol. The van der Waals surface area contributed by atoms with Gasteiger partial charge in [-0.2, -0.15) is 0 Å². The Kier molecular flexibility index (Phi) is 4.32. The fourth-order valence-corrected chi connectivity index (χ4v) is 2.63. The number of benzene rings is 3. The molecule has 0 heterocycles. The highest BCUT2D eigenvalue weighted by Crippen LogP contribution is 2.21. The van der Waals surface area contributed by atoms with Gasteiger partial charge in [0.15, 0.2) is 0 Å². The van der Waals surface area contributed by atoms with Crippen LogP contribution < -0.4 is 0 Å². The van der Waals surface area contributed by atoms with Gasteiger partial charge in [0, 0.05) is 4.47 Å². The van der Waals surface area contributed by atoms with Gasteiger partial charge in [0.1, 0.15) is 0 Å². The third-order valence-corrected chi connectivity index (χ3v) is 4.10. The Morgan fingerprint density at radius 3 is 1.90 bits per heavy atom. The first-order valence-electron chi connectivity index (χ1n) is 6.91. The molecule has 0 aliphatic carbocycles. The van der Waals surface area contributed by atoms with Crippen LogP contribution in [0.3, 0.4) is 0 Å². The minimum absolute atomic E-state index is 1.11. The molecule has 0 saturated carbocycles. The average molecular weight is 335 g/mol. The van der Waals surface area contributed by atoms with Gasteiger partial charge in [0.2, 0.25) is 0 Å². The summed E-state index contributed by atoms with van der Waals surface area (Å²) < 4.78 is 1.11. The average Bonchev–Trinajstić information content (AvgIpc) is 2.55. The Bertz CT molecular complexity index is 740. The summed E-state index contributed by atoms with van der Waals surface area (Å²) in [6.07, 6.45) is 4.26. The summed E-state index contributed by atoms with van der Waals surface area (Å²) in [5, 5.41) is 0. The van der Waals surface area contributed by atoms with Crippen molar-refractivity contribution >= 4 is 28.1 Å². The number of hydrogen-bond donors (Lipinski definition) is 0. The Morgan fingerprint density at radius 1 is 0.571 bits per heavy atom. The molecule has 0 aromatic heterocycles. The van der Waals surface area contributed by atoms with Crippen LogP contribution in [0.1, 0.15) is 11.1 Å². The second-order valence-corrected chi connectivity index (χ2v) is 5.70. The van der Waals surface area contributed by atoms with Crippen molar-refractivity contribution in [3.63, 3.8) is 0 Å². The fourth-order valence-electron chi connectivity index (χ4n) is 2.21. The summed E-state index contributed by atoms with van der Waals surface area (Å²) in [6.45, 7) is 0. The van der Waals surface area contributed by atoms with Crippen molar-refractivity contribution in [1.82, 2.24) is 0 Å². The Labute approximate surface area is 133 Å². The maximum Gasteiger partial charge on any atom is 0.0247 e. The lowest BCUT2D eigenvalue weighted by Gasteiger charge is -2.02. The molecule has 1 heteroatoms. The minimum atomic E-state index is 1.11. The van der Waals surface area contributed by atoms with E-state index in [1.165, 1.54) is 22.3 Å². The zero-order chi connectivity index (χ0) is 14.5. The lowest BCUT2D eigenvalue weighted by Crippen LogP contribution is -1.78. The van der Waals surface area contributed by atoms with Gasteiger partial charge in [-0.3, -0.25) is 0 Å². The largest absolute Gasteiger partial charge is 0.0622 e. The molecule has 3 rings (SSSR count). The third kappa shape index (κ3) is 3.50. The van der Waals surface area contributed by atoms with Gasteiger partial charge >= 0.3 is 0 Å². The Morgan fingerprint density at radius 2 is 1.19 bits per heavy atom. The molecule has 0 aliphatic rings. The van der Waals surface area contributed by atoms with Crippen LogP contribution in [0.25, 0.3) is 23.3 Å². The van der Waals surface area contributed by atoms with E-state index in [-0.39, 0.29) is 0 Å². The molecule has 0 amide bonds. The van der Waals surface area contributed by atoms with Crippen molar-refractivity contribution in [3.05, 3.63) is 94.5 Å². The number of halogens is 1. The predicted octanol–water partition coefficient (Wildman–Crippen LogP) is 6.29. The van der Waals surface area contributed by atoms with Gasteiger partial charge in [0.25, 0.3) is 0 Å². The second-order valence-electron chi connectivity index (χ2n) is 4.84. The summed E-state index contributed by atoms with van der Waals surface area (Å²) in [5.74, 6) is 0. The van der Waals surface area contributed by atoms with Crippen molar-refractivity contribution in [2.45, 2.75) is 0 Å². The maximum atomic E-state index is 3.56. The van der Waals surface area contributed by atoms with Crippen molar-refractivity contribution in [3.8, 4) is 11.1 Å². The standard InChI is InChI=1S/C20H15Br/c21-20-9-5-4-8-19(20)15-12-16-10-13-18(14-11-16)17-6-2-1-3-7-17/h1-15H. The molecule has 0 radical (unpaired) electrons. The predicted molar refractivity (Wildman–Crippen MR) is 94.9 cm³/mol. The molecule has 0 spiro atoms. The molecule has 102 valence electrons. The Balaban J connectivity index is 1.81. The molecule has 3 aromatic carbocycles. The second kappa shape index (κ2) is 6.55. The van der Waals surface area contributed by atoms with Crippen LogP contribution in [0.5, 0.6) is 0 Å². The topological polar surface area (TPSA) is 0 Å². The quantitative estimate of drug-likeness (QED) is 0.494. The van der Waals surface area contributed by atoms with Gasteiger partial charge in [0.05, 0.1) is 0 Å². The van der Waals surface area contributed by atoms with Crippen LogP contribution >= 0.6 is 15.9 Å². The highest BCUT2D eigenvalue weighted by Gasteiger charge is 1.96. The summed E-state index contributed by atoms with van der Waals surface area (Å²) in [7, 11) is 0. The van der Waals surface area contributed by atoms with Gasteiger partial charge in [-0.05, 0) is 28.3 Å². The van der Waals surface area contributed by atoms with Crippen LogP contribution in [0.2, 0.25) is 0 Å². The maximum absolute atomic E-state index is 3.56. The highest BCUT2D eigenvalue weighted by molar-refractivity contribution is 9.10. The summed E-state index contributed by atoms with van der Waals surface area (Å²) in [5.41, 5.74) is 4.88. The van der Waals surface area contributed by atoms with Gasteiger partial charge < -0.3 is 0 Å². The summed E-state index contributed by atoms with van der Waals surface area (Å²) in [4.78, 5) is 0. The van der Waals surface area contributed by atoms with E-state index >= 15 is 0 Å². The fraction of sp³-hybridized carbons (Fsp3) is 0. The van der Waals surface area contributed by atoms with Crippen molar-refractivity contribution in [2.75, 3.05) is 0 Å². The molecule has 0 nitrogen and oxygen atoms in total. The summed E-state index contributed by atoms with van der Waals surface area (Å²) in [6, 6.07) is 27.3. The zero-order valence-corrected chi connectivity index (χ0v) is 13.1. The molecule has 0 aliphatic heterocycles. The van der Waals surface area contributed by atoms with E-state index in [9.17, 15) is 0 Å². The molecule has 0 bridgehead atoms. The van der Waals surface area contributed by atoms with Crippen molar-refractivity contribution in [1.29, 1.82) is 0 Å². The number of rotatable bonds is 3. The van der Waals surface area contributed by atoms with E-state index in [0.717, 1.165) is 4.47 Å². The first-order valence-corrected chi connectivity index (χ1v) is 7.70. The van der Waals surface area contributed by atoms with E-state index < -0.39 is 0 Å². The lowest BCUT2D eigenvalue weighted by molar-refractivity contribution is 1.59. The van der Waals surface area contributed by atoms with E-state index in [0.29, 0.717) is 0 Å². The zero-order valence-electron chi connectivity index (χ0n) is 11.5. The SMILES string of the molecule is Brc1ccccc1C=Cc1ccc(-c2ccccc2)cc1. The van der Waals surface area contributed by atoms with Crippen molar-refractivity contribution < 1.29 is 0 Å². The summed E-state index contributed by atoms with van der Waals surface area (Å²) >= 11 is 3.56. The Hall–Kier alpha value is -2.12. The van der Waals surface area contributed by atoms with Crippen LogP contribution in [-0.4, -0.2) is 0 Å². The highest BCUT2D eigenvalue weighted by atomic mass is 79.9. The first-order chi connectivity index (χ1) is 10.3. The van der Waals surface area contributed by atoms with E-state index in [1.807, 2.05) is 18.2 Å². The molecule has 0 unspecified atom stereocenters. The number of hydrogen-bond acceptors (Lipinski definition) is 0. The van der Waals surface area contributed by atoms with Crippen LogP contribution in [0.4, 0.5) is 0 Å². The van der Waals surface area contributed by atoms with Crippen LogP contribution in [-0.2, 0) is 0 Å². The smallest absolute Gasteiger partial charge is 0.0247 e. The minimum Gasteiger partial charge on any atom is -0.0622 e. The van der Waals surface area contributed by atoms with Crippen LogP contribution in [0, 0.1) is 0 Å². The van der Waals surface area contributed by atoms with Crippen LogP contribution in [0.15, 0.2) is 83.3 Å². The molecule has 0 fully saturated rings. The van der Waals surface area contributed by atoms with E-state index in [4.69, 9.17) is 0 Å². The van der Waals surface area contributed by atoms with Gasteiger partial charge in [-0.25, -0.2) is 0 Å². The molecular weight excluding hydrogens is 320 g/mol. The molecule has 21 heavy (non-hydrogen) atoms. The van der Waals surface area contributed by atoms with Gasteiger partial charge in [-0.1, -0.05) is 101 Å². The molecule has 0 N–H and O–H groups in total.